The molecule has 3 aromatic rings. The number of fused-ring (bicyclic) bond motifs is 1. The van der Waals surface area contributed by atoms with Gasteiger partial charge in [-0.1, -0.05) is 24.3 Å². The van der Waals surface area contributed by atoms with Crippen molar-refractivity contribution in [2.45, 2.75) is 19.3 Å². The molecule has 2 aromatic carbocycles. The summed E-state index contributed by atoms with van der Waals surface area (Å²) in [6, 6.07) is 16.1. The van der Waals surface area contributed by atoms with Crippen molar-refractivity contribution in [3.05, 3.63) is 88.3 Å². The first-order valence-electron chi connectivity index (χ1n) is 11.4. The lowest BCUT2D eigenvalue weighted by Crippen LogP contribution is -2.29. The number of allylic oxidation sites excluding steroid dienone is 2. The minimum Gasteiger partial charge on any atom is -0.476 e. The van der Waals surface area contributed by atoms with Crippen LogP contribution in [-0.4, -0.2) is 35.8 Å². The number of carboxylic acid groups (broad SMARTS) is 1. The number of rotatable bonds is 5. The van der Waals surface area contributed by atoms with Gasteiger partial charge in [-0.2, -0.15) is 10.1 Å². The van der Waals surface area contributed by atoms with E-state index in [1.807, 2.05) is 18.2 Å². The van der Waals surface area contributed by atoms with Crippen LogP contribution in [0, 0.1) is 0 Å². The largest absolute Gasteiger partial charge is 0.476 e. The van der Waals surface area contributed by atoms with Crippen molar-refractivity contribution in [1.82, 2.24) is 0 Å². The molecule has 3 heterocycles. The molecule has 0 aliphatic carbocycles. The number of aliphatic carboxylic acids is 1. The van der Waals surface area contributed by atoms with Gasteiger partial charge in [-0.15, -0.1) is 0 Å². The SMILES string of the molecule is O=C(O)C1=NN(c2ccccc2)C(=O)/C1=C\C=C\c1cc2ccc(N3CCCCC3)cc2oc1=O. The number of carboxylic acids is 1. The predicted molar refractivity (Wildman–Crippen MR) is 135 cm³/mol. The molecule has 0 radical (unpaired) electrons. The van der Waals surface area contributed by atoms with Gasteiger partial charge in [-0.05, 0) is 61.7 Å². The molecule has 2 aliphatic rings. The topological polar surface area (TPSA) is 103 Å². The van der Waals surface area contributed by atoms with E-state index in [4.69, 9.17) is 4.42 Å². The Balaban J connectivity index is 1.41. The number of hydrazone groups is 1. The van der Waals surface area contributed by atoms with Gasteiger partial charge in [0.25, 0.3) is 5.91 Å². The third kappa shape index (κ3) is 4.50. The summed E-state index contributed by atoms with van der Waals surface area (Å²) in [7, 11) is 0. The minimum absolute atomic E-state index is 0.0750. The van der Waals surface area contributed by atoms with Crippen molar-refractivity contribution in [2.24, 2.45) is 5.10 Å². The second-order valence-electron chi connectivity index (χ2n) is 8.40. The first kappa shape index (κ1) is 22.3. The van der Waals surface area contributed by atoms with Crippen LogP contribution in [-0.2, 0) is 9.59 Å². The highest BCUT2D eigenvalue weighted by Crippen LogP contribution is 2.26. The molecule has 0 spiro atoms. The van der Waals surface area contributed by atoms with E-state index in [2.05, 4.69) is 10.0 Å². The molecule has 8 nitrogen and oxygen atoms in total. The quantitative estimate of drug-likeness (QED) is 0.444. The third-order valence-electron chi connectivity index (χ3n) is 6.09. The first-order valence-corrected chi connectivity index (χ1v) is 11.4. The Bertz CT molecular complexity index is 1450. The van der Waals surface area contributed by atoms with E-state index in [-0.39, 0.29) is 11.3 Å². The number of anilines is 2. The second-order valence-corrected chi connectivity index (χ2v) is 8.40. The molecule has 0 atom stereocenters. The molecule has 5 rings (SSSR count). The fourth-order valence-electron chi connectivity index (χ4n) is 4.30. The standard InChI is InChI=1S/C27H23N3O5/c31-25-22(24(26(32)33)28-30(25)20-9-3-1-4-10-20)11-7-8-19-16-18-12-13-21(17-23(18)35-27(19)34)29-14-5-2-6-15-29/h1,3-4,7-13,16-17H,2,5-6,14-15H2,(H,32,33)/b8-7+,22-11-. The lowest BCUT2D eigenvalue weighted by molar-refractivity contribution is -0.129. The van der Waals surface area contributed by atoms with Crippen molar-refractivity contribution in [1.29, 1.82) is 0 Å². The van der Waals surface area contributed by atoms with Gasteiger partial charge < -0.3 is 14.4 Å². The summed E-state index contributed by atoms with van der Waals surface area (Å²) < 4.78 is 5.56. The Morgan fingerprint density at radius 3 is 2.49 bits per heavy atom. The van der Waals surface area contributed by atoms with Crippen LogP contribution < -0.4 is 15.5 Å². The number of carbonyl (C=O) groups excluding carboxylic acids is 1. The summed E-state index contributed by atoms with van der Waals surface area (Å²) in [5.41, 5.74) is 1.35. The molecule has 0 saturated carbocycles. The van der Waals surface area contributed by atoms with Crippen molar-refractivity contribution in [3.8, 4) is 0 Å². The van der Waals surface area contributed by atoms with Crippen molar-refractivity contribution in [2.75, 3.05) is 23.0 Å². The first-order chi connectivity index (χ1) is 17.0. The van der Waals surface area contributed by atoms with E-state index in [0.717, 1.165) is 42.0 Å². The van der Waals surface area contributed by atoms with E-state index >= 15 is 0 Å². The Labute approximate surface area is 201 Å². The zero-order valence-electron chi connectivity index (χ0n) is 18.9. The molecule has 1 fully saturated rings. The highest BCUT2D eigenvalue weighted by atomic mass is 16.4. The number of piperidine rings is 1. The summed E-state index contributed by atoms with van der Waals surface area (Å²) in [4.78, 5) is 39.4. The van der Waals surface area contributed by atoms with Gasteiger partial charge in [0.2, 0.25) is 0 Å². The van der Waals surface area contributed by atoms with E-state index in [1.54, 1.807) is 36.4 Å². The van der Waals surface area contributed by atoms with E-state index in [0.29, 0.717) is 16.8 Å². The van der Waals surface area contributed by atoms with E-state index in [1.165, 1.54) is 24.6 Å². The molecular weight excluding hydrogens is 446 g/mol. The monoisotopic (exact) mass is 469 g/mol. The minimum atomic E-state index is -1.31. The molecule has 0 bridgehead atoms. The molecule has 35 heavy (non-hydrogen) atoms. The Morgan fingerprint density at radius 1 is 0.971 bits per heavy atom. The van der Waals surface area contributed by atoms with Gasteiger partial charge in [-0.25, -0.2) is 9.59 Å². The molecule has 1 saturated heterocycles. The summed E-state index contributed by atoms with van der Waals surface area (Å²) in [5, 5.41) is 15.3. The van der Waals surface area contributed by atoms with Crippen LogP contribution >= 0.6 is 0 Å². The summed E-state index contributed by atoms with van der Waals surface area (Å²) in [6.07, 6.45) is 7.85. The van der Waals surface area contributed by atoms with Gasteiger partial charge in [0.1, 0.15) is 5.58 Å². The van der Waals surface area contributed by atoms with E-state index < -0.39 is 17.5 Å². The number of carbonyl (C=O) groups is 2. The molecule has 0 unspecified atom stereocenters. The highest BCUT2D eigenvalue weighted by molar-refractivity contribution is 6.52. The number of hydrogen-bond donors (Lipinski definition) is 1. The zero-order valence-corrected chi connectivity index (χ0v) is 18.9. The molecule has 1 aromatic heterocycles. The maximum Gasteiger partial charge on any atom is 0.357 e. The zero-order chi connectivity index (χ0) is 24.4. The number of amides is 1. The van der Waals surface area contributed by atoms with Gasteiger partial charge in [-0.3, -0.25) is 4.79 Å². The lowest BCUT2D eigenvalue weighted by atomic mass is 10.1. The van der Waals surface area contributed by atoms with Gasteiger partial charge in [0, 0.05) is 30.2 Å². The number of para-hydroxylation sites is 1. The number of benzene rings is 2. The van der Waals surface area contributed by atoms with Crippen LogP contribution in [0.3, 0.4) is 0 Å². The van der Waals surface area contributed by atoms with Crippen molar-refractivity contribution >= 4 is 46.0 Å². The molecule has 1 N–H and O–H groups in total. The van der Waals surface area contributed by atoms with Crippen LogP contribution in [0.1, 0.15) is 24.8 Å². The van der Waals surface area contributed by atoms with Gasteiger partial charge >= 0.3 is 11.6 Å². The fourth-order valence-corrected chi connectivity index (χ4v) is 4.30. The molecule has 8 heteroatoms. The summed E-state index contributed by atoms with van der Waals surface area (Å²) in [5.74, 6) is -1.87. The van der Waals surface area contributed by atoms with Crippen LogP contribution in [0.25, 0.3) is 17.0 Å². The summed E-state index contributed by atoms with van der Waals surface area (Å²) >= 11 is 0. The van der Waals surface area contributed by atoms with Crippen LogP contribution in [0.2, 0.25) is 0 Å². The van der Waals surface area contributed by atoms with Crippen LogP contribution in [0.15, 0.2) is 86.6 Å². The Hall–Kier alpha value is -4.46. The smallest absolute Gasteiger partial charge is 0.357 e. The highest BCUT2D eigenvalue weighted by Gasteiger charge is 2.34. The molecular formula is C27H23N3O5. The second kappa shape index (κ2) is 9.42. The Morgan fingerprint density at radius 2 is 1.74 bits per heavy atom. The predicted octanol–water partition coefficient (Wildman–Crippen LogP) is 4.21. The van der Waals surface area contributed by atoms with Crippen LogP contribution in [0.4, 0.5) is 11.4 Å². The average Bonchev–Trinajstić information content (AvgIpc) is 3.21. The summed E-state index contributed by atoms with van der Waals surface area (Å²) in [6.45, 7) is 1.99. The molecule has 2 aliphatic heterocycles. The van der Waals surface area contributed by atoms with Gasteiger partial charge in [0.15, 0.2) is 5.71 Å². The average molecular weight is 469 g/mol. The maximum absolute atomic E-state index is 12.8. The normalized spacial score (nSPS) is 17.5. The Kier molecular flexibility index (Phi) is 6.01. The van der Waals surface area contributed by atoms with Crippen LogP contribution in [0.5, 0.6) is 0 Å². The lowest BCUT2D eigenvalue weighted by Gasteiger charge is -2.28. The molecule has 176 valence electrons. The van der Waals surface area contributed by atoms with E-state index in [9.17, 15) is 19.5 Å². The van der Waals surface area contributed by atoms with Gasteiger partial charge in [0.05, 0.1) is 16.8 Å². The number of nitrogens with zero attached hydrogens (tertiary/aromatic N) is 3. The van der Waals surface area contributed by atoms with Crippen molar-refractivity contribution < 1.29 is 19.1 Å². The third-order valence-corrected chi connectivity index (χ3v) is 6.09. The fraction of sp³-hybridized carbons (Fsp3) is 0.185. The number of hydrogen-bond acceptors (Lipinski definition) is 6. The maximum atomic E-state index is 12.8. The molecule has 1 amide bonds. The van der Waals surface area contributed by atoms with Crippen molar-refractivity contribution in [3.63, 3.8) is 0 Å².